The van der Waals surface area contributed by atoms with Crippen molar-refractivity contribution in [3.05, 3.63) is 30.3 Å². The number of terminal acetylenes is 1. The maximum atomic E-state index is 5.42. The third-order valence-electron chi connectivity index (χ3n) is 2.02. The molecule has 0 fully saturated rings. The predicted octanol–water partition coefficient (Wildman–Crippen LogP) is 2.50. The van der Waals surface area contributed by atoms with Crippen LogP contribution in [0.25, 0.3) is 0 Å². The van der Waals surface area contributed by atoms with E-state index in [2.05, 4.69) is 17.8 Å². The van der Waals surface area contributed by atoms with Crippen molar-refractivity contribution in [1.82, 2.24) is 0 Å². The van der Waals surface area contributed by atoms with E-state index in [-0.39, 0.29) is 6.10 Å². The molecule has 1 atom stereocenters. The second kappa shape index (κ2) is 8.28. The Bertz CT molecular complexity index is 406. The van der Waals surface area contributed by atoms with Crippen molar-refractivity contribution in [3.63, 3.8) is 0 Å². The number of hydrogen-bond donors (Lipinski definition) is 0. The van der Waals surface area contributed by atoms with Gasteiger partial charge in [-0.1, -0.05) is 36.0 Å². The molecule has 1 rings (SSSR count). The lowest BCUT2D eigenvalue weighted by Crippen LogP contribution is -2.07. The van der Waals surface area contributed by atoms with E-state index in [1.54, 1.807) is 0 Å². The van der Waals surface area contributed by atoms with Gasteiger partial charge in [0.05, 0.1) is 6.10 Å². The second-order valence-corrected chi connectivity index (χ2v) is 3.49. The molecule has 0 aromatic heterocycles. The largest absolute Gasteiger partial charge is 0.481 e. The van der Waals surface area contributed by atoms with Gasteiger partial charge in [-0.2, -0.15) is 0 Å². The van der Waals surface area contributed by atoms with Crippen molar-refractivity contribution < 1.29 is 9.47 Å². The Kier molecular flexibility index (Phi) is 6.41. The molecular formula is C15H16O2. The smallest absolute Gasteiger partial charge is 0.149 e. The van der Waals surface area contributed by atoms with E-state index in [1.165, 1.54) is 0 Å². The summed E-state index contributed by atoms with van der Waals surface area (Å²) in [7, 11) is 0. The Morgan fingerprint density at radius 2 is 1.94 bits per heavy atom. The first-order valence-corrected chi connectivity index (χ1v) is 5.51. The van der Waals surface area contributed by atoms with Crippen molar-refractivity contribution in [1.29, 1.82) is 0 Å². The van der Waals surface area contributed by atoms with E-state index in [0.717, 1.165) is 5.75 Å². The van der Waals surface area contributed by atoms with Crippen molar-refractivity contribution in [3.8, 4) is 29.9 Å². The molecule has 2 nitrogen and oxygen atoms in total. The minimum absolute atomic E-state index is 0.0651. The number of ether oxygens (including phenoxy) is 2. The van der Waals surface area contributed by atoms with Crippen LogP contribution < -0.4 is 4.74 Å². The predicted molar refractivity (Wildman–Crippen MR) is 68.6 cm³/mol. The Morgan fingerprint density at radius 3 is 2.65 bits per heavy atom. The number of para-hydroxylation sites is 1. The molecule has 88 valence electrons. The average molecular weight is 228 g/mol. The lowest BCUT2D eigenvalue weighted by molar-refractivity contribution is 0.0962. The van der Waals surface area contributed by atoms with Crippen LogP contribution in [0.1, 0.15) is 13.3 Å². The SMILES string of the molecule is C#CCO[C@@H](C)CC#CCOc1ccccc1. The fourth-order valence-electron chi connectivity index (χ4n) is 1.15. The van der Waals surface area contributed by atoms with Gasteiger partial charge in [0.2, 0.25) is 0 Å². The molecule has 17 heavy (non-hydrogen) atoms. The Labute approximate surface area is 103 Å². The molecule has 0 spiro atoms. The van der Waals surface area contributed by atoms with Crippen LogP contribution in [0.2, 0.25) is 0 Å². The van der Waals surface area contributed by atoms with E-state index in [1.807, 2.05) is 37.3 Å². The van der Waals surface area contributed by atoms with Crippen LogP contribution in [-0.4, -0.2) is 19.3 Å². The molecule has 2 heteroatoms. The maximum Gasteiger partial charge on any atom is 0.149 e. The van der Waals surface area contributed by atoms with E-state index < -0.39 is 0 Å². The molecule has 0 unspecified atom stereocenters. The molecule has 0 aliphatic heterocycles. The highest BCUT2D eigenvalue weighted by atomic mass is 16.5. The van der Waals surface area contributed by atoms with E-state index in [4.69, 9.17) is 15.9 Å². The van der Waals surface area contributed by atoms with Gasteiger partial charge in [0.1, 0.15) is 19.0 Å². The lowest BCUT2D eigenvalue weighted by atomic mass is 10.3. The number of benzene rings is 1. The highest BCUT2D eigenvalue weighted by Crippen LogP contribution is 2.07. The van der Waals surface area contributed by atoms with Crippen LogP contribution in [0.15, 0.2) is 30.3 Å². The Balaban J connectivity index is 2.17. The normalized spacial score (nSPS) is 10.8. The zero-order valence-electron chi connectivity index (χ0n) is 9.98. The van der Waals surface area contributed by atoms with Crippen LogP contribution in [-0.2, 0) is 4.74 Å². The topological polar surface area (TPSA) is 18.5 Å². The van der Waals surface area contributed by atoms with Gasteiger partial charge in [0.25, 0.3) is 0 Å². The molecule has 0 aliphatic rings. The van der Waals surface area contributed by atoms with Gasteiger partial charge in [0, 0.05) is 6.42 Å². The summed E-state index contributed by atoms with van der Waals surface area (Å²) in [6.07, 6.45) is 5.82. The molecule has 0 heterocycles. The van der Waals surface area contributed by atoms with Crippen LogP contribution in [0.3, 0.4) is 0 Å². The standard InChI is InChI=1S/C15H16O2/c1-3-12-16-14(2)9-7-8-13-17-15-10-5-4-6-11-15/h1,4-6,10-11,14H,9,12-13H2,2H3/t14-/m0/s1. The first-order chi connectivity index (χ1) is 8.33. The van der Waals surface area contributed by atoms with Crippen LogP contribution in [0, 0.1) is 24.2 Å². The molecule has 1 aromatic carbocycles. The summed E-state index contributed by atoms with van der Waals surface area (Å²) in [5, 5.41) is 0. The highest BCUT2D eigenvalue weighted by Gasteiger charge is 1.96. The van der Waals surface area contributed by atoms with Crippen molar-refractivity contribution >= 4 is 0 Å². The van der Waals surface area contributed by atoms with Crippen molar-refractivity contribution in [2.24, 2.45) is 0 Å². The summed E-state index contributed by atoms with van der Waals surface area (Å²) < 4.78 is 10.7. The fourth-order valence-corrected chi connectivity index (χ4v) is 1.15. The van der Waals surface area contributed by atoms with Crippen LogP contribution in [0.4, 0.5) is 0 Å². The van der Waals surface area contributed by atoms with Gasteiger partial charge < -0.3 is 9.47 Å². The quantitative estimate of drug-likeness (QED) is 0.721. The summed E-state index contributed by atoms with van der Waals surface area (Å²) in [6.45, 7) is 2.68. The van der Waals surface area contributed by atoms with Crippen LogP contribution >= 0.6 is 0 Å². The summed E-state index contributed by atoms with van der Waals surface area (Å²) in [5.41, 5.74) is 0. The Hall–Kier alpha value is -1.90. The third kappa shape index (κ3) is 6.30. The van der Waals surface area contributed by atoms with E-state index in [9.17, 15) is 0 Å². The lowest BCUT2D eigenvalue weighted by Gasteiger charge is -2.05. The zero-order chi connectivity index (χ0) is 12.3. The average Bonchev–Trinajstić information content (AvgIpc) is 2.37. The second-order valence-electron chi connectivity index (χ2n) is 3.49. The first kappa shape index (κ1) is 13.2. The first-order valence-electron chi connectivity index (χ1n) is 5.51. The fraction of sp³-hybridized carbons (Fsp3) is 0.333. The minimum atomic E-state index is 0.0651. The van der Waals surface area contributed by atoms with Crippen molar-refractivity contribution in [2.45, 2.75) is 19.4 Å². The summed E-state index contributed by atoms with van der Waals surface area (Å²) >= 11 is 0. The maximum absolute atomic E-state index is 5.42. The van der Waals surface area contributed by atoms with Gasteiger partial charge in [-0.25, -0.2) is 0 Å². The van der Waals surface area contributed by atoms with Gasteiger partial charge in [-0.3, -0.25) is 0 Å². The van der Waals surface area contributed by atoms with E-state index in [0.29, 0.717) is 19.6 Å². The molecular weight excluding hydrogens is 212 g/mol. The zero-order valence-corrected chi connectivity index (χ0v) is 9.98. The summed E-state index contributed by atoms with van der Waals surface area (Å²) in [5.74, 6) is 9.19. The third-order valence-corrected chi connectivity index (χ3v) is 2.02. The van der Waals surface area contributed by atoms with E-state index >= 15 is 0 Å². The van der Waals surface area contributed by atoms with Gasteiger partial charge >= 0.3 is 0 Å². The molecule has 0 radical (unpaired) electrons. The van der Waals surface area contributed by atoms with Gasteiger partial charge in [-0.15, -0.1) is 6.42 Å². The molecule has 0 amide bonds. The minimum Gasteiger partial charge on any atom is -0.481 e. The number of rotatable bonds is 5. The molecule has 1 aromatic rings. The van der Waals surface area contributed by atoms with Gasteiger partial charge in [0.15, 0.2) is 0 Å². The molecule has 0 saturated carbocycles. The molecule has 0 aliphatic carbocycles. The summed E-state index contributed by atoms with van der Waals surface area (Å²) in [4.78, 5) is 0. The molecule has 0 bridgehead atoms. The Morgan fingerprint density at radius 1 is 1.18 bits per heavy atom. The monoisotopic (exact) mass is 228 g/mol. The van der Waals surface area contributed by atoms with Crippen molar-refractivity contribution in [2.75, 3.05) is 13.2 Å². The summed E-state index contributed by atoms with van der Waals surface area (Å²) in [6, 6.07) is 9.61. The highest BCUT2D eigenvalue weighted by molar-refractivity contribution is 5.21. The van der Waals surface area contributed by atoms with Crippen LogP contribution in [0.5, 0.6) is 5.75 Å². The number of hydrogen-bond acceptors (Lipinski definition) is 2. The van der Waals surface area contributed by atoms with Gasteiger partial charge in [-0.05, 0) is 19.1 Å². The molecule has 0 N–H and O–H groups in total. The molecule has 0 saturated heterocycles.